The van der Waals surface area contributed by atoms with Gasteiger partial charge in [-0.05, 0) is 0 Å². The van der Waals surface area contributed by atoms with Crippen molar-refractivity contribution in [3.63, 3.8) is 0 Å². The van der Waals surface area contributed by atoms with Gasteiger partial charge in [-0.3, -0.25) is 5.01 Å². The lowest BCUT2D eigenvalue weighted by Crippen LogP contribution is -2.48. The summed E-state index contributed by atoms with van der Waals surface area (Å²) in [6, 6.07) is 0. The Morgan fingerprint density at radius 3 is 2.94 bits per heavy atom. The maximum absolute atomic E-state index is 10.8. The molecule has 0 aromatic heterocycles. The van der Waals surface area contributed by atoms with E-state index >= 15 is 0 Å². The molecule has 4 N–H and O–H groups in total. The third kappa shape index (κ3) is 1.85. The normalized spacial score (nSPS) is 18.9. The zero-order chi connectivity index (χ0) is 11.7. The van der Waals surface area contributed by atoms with Crippen LogP contribution in [0, 0.1) is 0 Å². The van der Waals surface area contributed by atoms with Crippen LogP contribution in [0.2, 0.25) is 0 Å². The Bertz CT molecular complexity index is 406. The average Bonchev–Trinajstić information content (AvgIpc) is 2.61. The molecule has 0 saturated heterocycles. The lowest BCUT2D eigenvalue weighted by Gasteiger charge is -2.27. The molecule has 16 heavy (non-hydrogen) atoms. The number of hydrogen-bond acceptors (Lipinski definition) is 6. The summed E-state index contributed by atoms with van der Waals surface area (Å²) < 4.78 is 0. The monoisotopic (exact) mass is 242 g/mol. The van der Waals surface area contributed by atoms with Gasteiger partial charge in [-0.25, -0.2) is 9.80 Å². The first-order valence-corrected chi connectivity index (χ1v) is 4.94. The van der Waals surface area contributed by atoms with Crippen LogP contribution >= 0.6 is 12.2 Å². The van der Waals surface area contributed by atoms with Gasteiger partial charge in [-0.15, -0.1) is 5.53 Å². The number of nitrogens with one attached hydrogen (secondary N) is 2. The van der Waals surface area contributed by atoms with Gasteiger partial charge in [0, 0.05) is 6.08 Å². The van der Waals surface area contributed by atoms with Crippen molar-refractivity contribution in [2.45, 2.75) is 0 Å². The lowest BCUT2D eigenvalue weighted by molar-refractivity contribution is -0.133. The topological polar surface area (TPSA) is 88.1 Å². The predicted octanol–water partition coefficient (Wildman–Crippen LogP) is -1.29. The van der Waals surface area contributed by atoms with Crippen LogP contribution in [0.1, 0.15) is 0 Å². The number of aliphatic carboxylic acids is 1. The lowest BCUT2D eigenvalue weighted by atomic mass is 10.3. The van der Waals surface area contributed by atoms with Crippen molar-refractivity contribution in [1.82, 2.24) is 20.9 Å². The van der Waals surface area contributed by atoms with Gasteiger partial charge in [-0.1, -0.05) is 12.2 Å². The number of hydrogen-bond donors (Lipinski definition) is 4. The van der Waals surface area contributed by atoms with Crippen molar-refractivity contribution in [3.8, 4) is 0 Å². The summed E-state index contributed by atoms with van der Waals surface area (Å²) in [6.07, 6.45) is 2.99. The van der Waals surface area contributed by atoms with Crippen molar-refractivity contribution >= 4 is 23.2 Å². The van der Waals surface area contributed by atoms with Gasteiger partial charge in [0.2, 0.25) is 0 Å². The molecule has 0 amide bonds. The number of carbonyl (C=O) groups is 1. The van der Waals surface area contributed by atoms with E-state index in [1.165, 1.54) is 11.1 Å². The third-order valence-corrected chi connectivity index (χ3v) is 2.37. The molecule has 0 unspecified atom stereocenters. The molecule has 86 valence electrons. The number of hydrazine groups is 2. The summed E-state index contributed by atoms with van der Waals surface area (Å²) >= 11 is 5.03. The highest BCUT2D eigenvalue weighted by Gasteiger charge is 2.29. The number of aliphatic hydroxyl groups is 1. The largest absolute Gasteiger partial charge is 0.477 e. The fraction of sp³-hybridized carbons (Fsp3) is 0.250. The van der Waals surface area contributed by atoms with Crippen LogP contribution in [0.5, 0.6) is 0 Å². The molecule has 2 aliphatic rings. The number of nitrogens with zero attached hydrogens (tertiary/aromatic N) is 2. The smallest absolute Gasteiger partial charge is 0.352 e. The van der Waals surface area contributed by atoms with Crippen molar-refractivity contribution in [2.24, 2.45) is 0 Å². The Hall–Kier alpha value is -1.64. The number of aliphatic hydroxyl groups excluding tert-OH is 1. The van der Waals surface area contributed by atoms with Gasteiger partial charge in [0.15, 0.2) is 0 Å². The van der Waals surface area contributed by atoms with Crippen LogP contribution in [-0.4, -0.2) is 44.3 Å². The van der Waals surface area contributed by atoms with Crippen LogP contribution in [0.25, 0.3) is 0 Å². The highest BCUT2D eigenvalue weighted by Crippen LogP contribution is 2.16. The molecule has 7 nitrogen and oxygen atoms in total. The van der Waals surface area contributed by atoms with E-state index in [9.17, 15) is 4.79 Å². The summed E-state index contributed by atoms with van der Waals surface area (Å²) in [6.45, 7) is 0.364. The van der Waals surface area contributed by atoms with Gasteiger partial charge in [0.25, 0.3) is 0 Å². The van der Waals surface area contributed by atoms with Crippen LogP contribution in [0.3, 0.4) is 0 Å². The molecule has 0 aromatic carbocycles. The molecule has 0 fully saturated rings. The van der Waals surface area contributed by atoms with E-state index in [0.29, 0.717) is 17.4 Å². The molecule has 8 heteroatoms. The van der Waals surface area contributed by atoms with Crippen LogP contribution in [-0.2, 0) is 4.79 Å². The molecule has 0 radical (unpaired) electrons. The van der Waals surface area contributed by atoms with Crippen molar-refractivity contribution in [1.29, 1.82) is 0 Å². The van der Waals surface area contributed by atoms with Gasteiger partial charge in [0.1, 0.15) is 16.5 Å². The first kappa shape index (κ1) is 10.9. The van der Waals surface area contributed by atoms with Crippen LogP contribution in [0.15, 0.2) is 23.8 Å². The summed E-state index contributed by atoms with van der Waals surface area (Å²) in [5.74, 6) is -0.540. The number of thiocarbonyl (C=S) groups is 1. The van der Waals surface area contributed by atoms with Gasteiger partial charge < -0.3 is 15.5 Å². The van der Waals surface area contributed by atoms with E-state index in [0.717, 1.165) is 0 Å². The standard InChI is InChI=1S/C8H10N4O3S/c13-2-1-11-4-6-9-5(8(14)15)3-7(16)12(6)10-11/h3-4,9-10,13H,1-2H2,(H,14,15). The van der Waals surface area contributed by atoms with Crippen LogP contribution in [0.4, 0.5) is 0 Å². The predicted molar refractivity (Wildman–Crippen MR) is 58.3 cm³/mol. The minimum Gasteiger partial charge on any atom is -0.477 e. The third-order valence-electron chi connectivity index (χ3n) is 2.07. The van der Waals surface area contributed by atoms with E-state index < -0.39 is 5.97 Å². The first-order chi connectivity index (χ1) is 7.61. The molecular formula is C8H10N4O3S. The molecule has 0 atom stereocenters. The molecule has 0 bridgehead atoms. The number of carboxylic acid groups (broad SMARTS) is 1. The highest BCUT2D eigenvalue weighted by atomic mass is 32.1. The SMILES string of the molecule is O=C(O)C1=CC(=S)N2NN(CCO)C=C2N1. The summed E-state index contributed by atoms with van der Waals surface area (Å²) in [5, 5.41) is 23.5. The van der Waals surface area contributed by atoms with Crippen molar-refractivity contribution in [3.05, 3.63) is 23.8 Å². The van der Waals surface area contributed by atoms with Gasteiger partial charge in [0.05, 0.1) is 19.4 Å². The summed E-state index contributed by atoms with van der Waals surface area (Å²) in [5.41, 5.74) is 2.90. The summed E-state index contributed by atoms with van der Waals surface area (Å²) in [7, 11) is 0. The number of β-amino-alcohol motifs (C(OH)–C–C–N with tert-alkyl or cyclic N) is 1. The fourth-order valence-corrected chi connectivity index (χ4v) is 1.63. The first-order valence-electron chi connectivity index (χ1n) is 4.53. The molecule has 0 spiro atoms. The average molecular weight is 242 g/mol. The minimum atomic E-state index is -1.07. The molecule has 0 saturated carbocycles. The van der Waals surface area contributed by atoms with E-state index in [4.69, 9.17) is 22.4 Å². The molecule has 0 aliphatic carbocycles. The second-order valence-electron chi connectivity index (χ2n) is 3.19. The Labute approximate surface area is 96.6 Å². The van der Waals surface area contributed by atoms with Crippen molar-refractivity contribution in [2.75, 3.05) is 13.2 Å². The highest BCUT2D eigenvalue weighted by molar-refractivity contribution is 7.80. The quantitative estimate of drug-likeness (QED) is 0.455. The van der Waals surface area contributed by atoms with E-state index in [1.807, 2.05) is 0 Å². The van der Waals surface area contributed by atoms with E-state index in [2.05, 4.69) is 10.9 Å². The zero-order valence-corrected chi connectivity index (χ0v) is 8.99. The Morgan fingerprint density at radius 2 is 2.31 bits per heavy atom. The fourth-order valence-electron chi connectivity index (χ4n) is 1.37. The minimum absolute atomic E-state index is 0.0173. The second-order valence-corrected chi connectivity index (χ2v) is 3.61. The summed E-state index contributed by atoms with van der Waals surface area (Å²) in [4.78, 5) is 11.1. The maximum Gasteiger partial charge on any atom is 0.352 e. The van der Waals surface area contributed by atoms with E-state index in [-0.39, 0.29) is 12.3 Å². The molecular weight excluding hydrogens is 232 g/mol. The maximum atomic E-state index is 10.8. The van der Waals surface area contributed by atoms with Crippen LogP contribution < -0.4 is 10.9 Å². The number of rotatable bonds is 3. The molecule has 2 heterocycles. The zero-order valence-electron chi connectivity index (χ0n) is 8.17. The number of fused-ring (bicyclic) bond motifs is 1. The number of carboxylic acids is 1. The van der Waals surface area contributed by atoms with Gasteiger partial charge in [-0.2, -0.15) is 0 Å². The second kappa shape index (κ2) is 4.08. The molecule has 0 aromatic rings. The van der Waals surface area contributed by atoms with E-state index in [1.54, 1.807) is 11.2 Å². The molecule has 2 rings (SSSR count). The van der Waals surface area contributed by atoms with Crippen molar-refractivity contribution < 1.29 is 15.0 Å². The Morgan fingerprint density at radius 1 is 1.56 bits per heavy atom. The Balaban J connectivity index is 2.18. The van der Waals surface area contributed by atoms with Gasteiger partial charge >= 0.3 is 5.97 Å². The Kier molecular flexibility index (Phi) is 2.77. The molecule has 2 aliphatic heterocycles.